The summed E-state index contributed by atoms with van der Waals surface area (Å²) < 4.78 is 16.8. The van der Waals surface area contributed by atoms with Crippen molar-refractivity contribution < 1.29 is 38.8 Å². The Morgan fingerprint density at radius 1 is 0.710 bits per heavy atom. The summed E-state index contributed by atoms with van der Waals surface area (Å²) in [5.74, 6) is -1.61. The predicted octanol–water partition coefficient (Wildman–Crippen LogP) is 3.19. The summed E-state index contributed by atoms with van der Waals surface area (Å²) in [5.41, 5.74) is 0. The van der Waals surface area contributed by atoms with Gasteiger partial charge in [0, 0.05) is 12.8 Å². The van der Waals surface area contributed by atoms with Gasteiger partial charge in [-0.1, -0.05) is 0 Å². The fourth-order valence-electron chi connectivity index (χ4n) is 5.16. The molecule has 0 aliphatic heterocycles. The first-order chi connectivity index (χ1) is 14.8. The van der Waals surface area contributed by atoms with Crippen molar-refractivity contribution in [3.8, 4) is 0 Å². The van der Waals surface area contributed by atoms with Crippen molar-refractivity contribution in [2.75, 3.05) is 0 Å². The van der Waals surface area contributed by atoms with Crippen LogP contribution < -0.4 is 0 Å². The molecule has 3 aliphatic carbocycles. The van der Waals surface area contributed by atoms with E-state index in [0.717, 1.165) is 25.7 Å². The van der Waals surface area contributed by atoms with Crippen LogP contribution in [0.1, 0.15) is 84.0 Å². The van der Waals surface area contributed by atoms with Crippen LogP contribution in [0.3, 0.4) is 0 Å². The minimum absolute atomic E-state index is 0.000385. The lowest BCUT2D eigenvalue weighted by Crippen LogP contribution is -2.36. The average Bonchev–Trinajstić information content (AvgIpc) is 2.75. The van der Waals surface area contributed by atoms with Crippen molar-refractivity contribution >= 4 is 17.9 Å². The summed E-state index contributed by atoms with van der Waals surface area (Å²) in [6, 6.07) is 0. The monoisotopic (exact) mass is 440 g/mol. The molecule has 176 valence electrons. The van der Waals surface area contributed by atoms with Crippen LogP contribution in [-0.2, 0) is 28.6 Å². The van der Waals surface area contributed by atoms with Crippen molar-refractivity contribution in [3.05, 3.63) is 0 Å². The maximum Gasteiger partial charge on any atom is 0.309 e. The quantitative estimate of drug-likeness (QED) is 0.458. The highest BCUT2D eigenvalue weighted by Crippen LogP contribution is 2.35. The Bertz CT molecular complexity index is 611. The molecule has 3 rings (SSSR count). The first-order valence-electron chi connectivity index (χ1n) is 11.8. The number of aliphatic carboxylic acids is 1. The van der Waals surface area contributed by atoms with Crippen molar-refractivity contribution in [3.63, 3.8) is 0 Å². The molecule has 3 aliphatic rings. The fourth-order valence-corrected chi connectivity index (χ4v) is 5.16. The van der Waals surface area contributed by atoms with Gasteiger partial charge in [-0.05, 0) is 77.0 Å². The Labute approximate surface area is 183 Å². The summed E-state index contributed by atoms with van der Waals surface area (Å²) >= 11 is 0. The summed E-state index contributed by atoms with van der Waals surface area (Å²) in [7, 11) is 0. The average molecular weight is 441 g/mol. The number of aliphatic hydroxyl groups excluding tert-OH is 1. The fraction of sp³-hybridized carbons (Fsp3) is 0.870. The molecule has 0 heterocycles. The molecule has 0 aromatic carbocycles. The zero-order valence-corrected chi connectivity index (χ0v) is 18.4. The maximum atomic E-state index is 12.6. The third-order valence-corrected chi connectivity index (χ3v) is 7.10. The molecule has 0 bridgehead atoms. The van der Waals surface area contributed by atoms with Gasteiger partial charge in [0.1, 0.15) is 12.2 Å². The van der Waals surface area contributed by atoms with Gasteiger partial charge in [-0.2, -0.15) is 0 Å². The molecular formula is C23H36O8. The predicted molar refractivity (Wildman–Crippen MR) is 110 cm³/mol. The van der Waals surface area contributed by atoms with Crippen LogP contribution in [0.2, 0.25) is 0 Å². The van der Waals surface area contributed by atoms with E-state index in [1.165, 1.54) is 6.92 Å². The minimum atomic E-state index is -0.861. The van der Waals surface area contributed by atoms with Crippen LogP contribution in [0.15, 0.2) is 0 Å². The molecule has 3 saturated carbocycles. The highest BCUT2D eigenvalue weighted by molar-refractivity contribution is 5.72. The Hall–Kier alpha value is -1.67. The topological polar surface area (TPSA) is 119 Å². The molecule has 8 heteroatoms. The molecule has 0 spiro atoms. The molecule has 0 amide bonds. The molecule has 31 heavy (non-hydrogen) atoms. The van der Waals surface area contributed by atoms with Crippen LogP contribution in [0.25, 0.3) is 0 Å². The number of esters is 2. The van der Waals surface area contributed by atoms with Crippen LogP contribution >= 0.6 is 0 Å². The van der Waals surface area contributed by atoms with Gasteiger partial charge in [0.25, 0.3) is 0 Å². The normalized spacial score (nSPS) is 35.0. The van der Waals surface area contributed by atoms with E-state index in [1.54, 1.807) is 0 Å². The number of rotatable bonds is 7. The van der Waals surface area contributed by atoms with Crippen molar-refractivity contribution in [1.82, 2.24) is 0 Å². The van der Waals surface area contributed by atoms with Gasteiger partial charge in [-0.25, -0.2) is 0 Å². The third-order valence-electron chi connectivity index (χ3n) is 7.10. The van der Waals surface area contributed by atoms with Gasteiger partial charge in [-0.3, -0.25) is 14.4 Å². The third kappa shape index (κ3) is 7.17. The van der Waals surface area contributed by atoms with Gasteiger partial charge in [-0.15, -0.1) is 0 Å². The Balaban J connectivity index is 1.33. The van der Waals surface area contributed by atoms with E-state index in [0.29, 0.717) is 51.4 Å². The second-order valence-corrected chi connectivity index (χ2v) is 9.40. The van der Waals surface area contributed by atoms with Gasteiger partial charge in [0.15, 0.2) is 6.29 Å². The van der Waals surface area contributed by atoms with Gasteiger partial charge >= 0.3 is 17.9 Å². The van der Waals surface area contributed by atoms with Crippen molar-refractivity contribution in [1.29, 1.82) is 0 Å². The molecule has 3 fully saturated rings. The smallest absolute Gasteiger partial charge is 0.309 e. The van der Waals surface area contributed by atoms with Crippen LogP contribution in [0.4, 0.5) is 0 Å². The number of hydrogen-bond donors (Lipinski definition) is 2. The van der Waals surface area contributed by atoms with E-state index >= 15 is 0 Å². The van der Waals surface area contributed by atoms with E-state index < -0.39 is 12.3 Å². The second kappa shape index (κ2) is 11.3. The lowest BCUT2D eigenvalue weighted by molar-refractivity contribution is -0.185. The van der Waals surface area contributed by atoms with Gasteiger partial charge in [0.2, 0.25) is 0 Å². The number of carboxylic acids is 1. The standard InChI is InChI=1S/C23H36O8/c1-14(24)29-18-10-12-20(13-11-18)31-23(28)17-4-2-16(3-5-17)22(27)30-19-8-6-15(7-9-19)21(25)26/h15-20,22,27H,2-13H2,1H3,(H,25,26). The highest BCUT2D eigenvalue weighted by Gasteiger charge is 2.35. The van der Waals surface area contributed by atoms with E-state index in [-0.39, 0.29) is 48.0 Å². The Kier molecular flexibility index (Phi) is 8.72. The van der Waals surface area contributed by atoms with Crippen molar-refractivity contribution in [2.45, 2.75) is 109 Å². The van der Waals surface area contributed by atoms with E-state index in [4.69, 9.17) is 19.3 Å². The Morgan fingerprint density at radius 3 is 1.71 bits per heavy atom. The number of aliphatic hydroxyl groups is 1. The lowest BCUT2D eigenvalue weighted by Gasteiger charge is -2.34. The largest absolute Gasteiger partial charge is 0.481 e. The van der Waals surface area contributed by atoms with E-state index in [1.807, 2.05) is 0 Å². The Morgan fingerprint density at radius 2 is 1.19 bits per heavy atom. The number of ether oxygens (including phenoxy) is 3. The molecule has 1 atom stereocenters. The minimum Gasteiger partial charge on any atom is -0.481 e. The summed E-state index contributed by atoms with van der Waals surface area (Å²) in [5, 5.41) is 19.6. The van der Waals surface area contributed by atoms with Crippen molar-refractivity contribution in [2.24, 2.45) is 17.8 Å². The number of hydrogen-bond acceptors (Lipinski definition) is 7. The van der Waals surface area contributed by atoms with E-state index in [2.05, 4.69) is 0 Å². The first kappa shape index (κ1) is 24.0. The lowest BCUT2D eigenvalue weighted by atomic mass is 9.81. The van der Waals surface area contributed by atoms with E-state index in [9.17, 15) is 19.5 Å². The molecule has 1 unspecified atom stereocenters. The molecule has 8 nitrogen and oxygen atoms in total. The molecule has 0 saturated heterocycles. The van der Waals surface area contributed by atoms with Gasteiger partial charge in [0.05, 0.1) is 17.9 Å². The molecule has 0 aromatic rings. The number of carboxylic acid groups (broad SMARTS) is 1. The second-order valence-electron chi connectivity index (χ2n) is 9.40. The summed E-state index contributed by atoms with van der Waals surface area (Å²) in [6.45, 7) is 1.41. The number of carbonyl (C=O) groups excluding carboxylic acids is 2. The number of carbonyl (C=O) groups is 3. The molecule has 0 radical (unpaired) electrons. The maximum absolute atomic E-state index is 12.6. The summed E-state index contributed by atoms with van der Waals surface area (Å²) in [4.78, 5) is 34.7. The van der Waals surface area contributed by atoms with Crippen LogP contribution in [0.5, 0.6) is 0 Å². The zero-order valence-electron chi connectivity index (χ0n) is 18.4. The molecular weight excluding hydrogens is 404 g/mol. The van der Waals surface area contributed by atoms with Crippen LogP contribution in [-0.4, -0.2) is 52.7 Å². The SMILES string of the molecule is CC(=O)OC1CCC(OC(=O)C2CCC(C(O)OC3CCC(C(=O)O)CC3)CC2)CC1. The molecule has 0 aromatic heterocycles. The van der Waals surface area contributed by atoms with Gasteiger partial charge < -0.3 is 24.4 Å². The highest BCUT2D eigenvalue weighted by atomic mass is 16.6. The summed E-state index contributed by atoms with van der Waals surface area (Å²) in [6.07, 6.45) is 7.06. The molecule has 2 N–H and O–H groups in total. The first-order valence-corrected chi connectivity index (χ1v) is 11.8. The zero-order chi connectivity index (χ0) is 22.4. The van der Waals surface area contributed by atoms with Crippen LogP contribution in [0, 0.1) is 17.8 Å².